The Morgan fingerprint density at radius 1 is 1.15 bits per heavy atom. The Kier molecular flexibility index (Phi) is 6.82. The van der Waals surface area contributed by atoms with Crippen LogP contribution in [0.5, 0.6) is 0 Å². The van der Waals surface area contributed by atoms with Crippen LogP contribution in [0.25, 0.3) is 22.3 Å². The molecule has 1 amide bonds. The van der Waals surface area contributed by atoms with Crippen LogP contribution in [-0.2, 0) is 9.53 Å². The molecular formula is C25H29N5O3. The van der Waals surface area contributed by atoms with Crippen molar-refractivity contribution in [3.8, 4) is 17.3 Å². The number of nitriles is 1. The molecule has 1 aromatic carbocycles. The van der Waals surface area contributed by atoms with Crippen LogP contribution in [-0.4, -0.2) is 38.3 Å². The number of hydrogen-bond donors (Lipinski definition) is 1. The van der Waals surface area contributed by atoms with Gasteiger partial charge in [-0.2, -0.15) is 10.4 Å². The van der Waals surface area contributed by atoms with Crippen LogP contribution in [0.4, 0.5) is 0 Å². The molecule has 172 valence electrons. The summed E-state index contributed by atoms with van der Waals surface area (Å²) in [5.41, 5.74) is 1.22. The third kappa shape index (κ3) is 4.87. The molecule has 0 bridgehead atoms. The first-order valence-corrected chi connectivity index (χ1v) is 10.9. The van der Waals surface area contributed by atoms with Gasteiger partial charge in [0.1, 0.15) is 5.54 Å². The standard InChI is InChI=1S/C25H29N5O3/c1-15(2)25(6,14-26)29-23(31)17(5)33-24(32)19-12-21(18-10-8-7-9-11-18)28-22-20(19)13-27-30(22)16(3)4/h7-13,15-17H,1-6H3,(H,29,31). The zero-order valence-electron chi connectivity index (χ0n) is 19.8. The number of nitrogens with one attached hydrogen (secondary N) is 1. The van der Waals surface area contributed by atoms with Crippen molar-refractivity contribution in [2.24, 2.45) is 5.92 Å². The number of ether oxygens (including phenoxy) is 1. The first kappa shape index (κ1) is 23.9. The summed E-state index contributed by atoms with van der Waals surface area (Å²) < 4.78 is 7.26. The summed E-state index contributed by atoms with van der Waals surface area (Å²) in [6.07, 6.45) is 0.497. The molecule has 8 heteroatoms. The lowest BCUT2D eigenvalue weighted by Gasteiger charge is -2.28. The van der Waals surface area contributed by atoms with E-state index in [0.29, 0.717) is 16.7 Å². The fraction of sp³-hybridized carbons (Fsp3) is 0.400. The van der Waals surface area contributed by atoms with Crippen molar-refractivity contribution >= 4 is 22.9 Å². The van der Waals surface area contributed by atoms with Gasteiger partial charge < -0.3 is 10.1 Å². The predicted molar refractivity (Wildman–Crippen MR) is 125 cm³/mol. The van der Waals surface area contributed by atoms with Gasteiger partial charge in [0.25, 0.3) is 5.91 Å². The molecule has 0 aliphatic carbocycles. The number of pyridine rings is 1. The van der Waals surface area contributed by atoms with Gasteiger partial charge in [0.2, 0.25) is 0 Å². The fourth-order valence-corrected chi connectivity index (χ4v) is 3.26. The van der Waals surface area contributed by atoms with E-state index in [4.69, 9.17) is 9.72 Å². The highest BCUT2D eigenvalue weighted by Gasteiger charge is 2.33. The van der Waals surface area contributed by atoms with Crippen LogP contribution >= 0.6 is 0 Å². The molecule has 33 heavy (non-hydrogen) atoms. The minimum atomic E-state index is -1.09. The van der Waals surface area contributed by atoms with Crippen molar-refractivity contribution in [1.29, 1.82) is 5.26 Å². The molecule has 2 aromatic heterocycles. The second-order valence-electron chi connectivity index (χ2n) is 8.85. The molecule has 0 aliphatic rings. The van der Waals surface area contributed by atoms with Crippen LogP contribution in [0.1, 0.15) is 57.9 Å². The SMILES string of the molecule is CC(OC(=O)c1cc(-c2ccccc2)nc2c1cnn2C(C)C)C(=O)NC(C)(C#N)C(C)C. The maximum Gasteiger partial charge on any atom is 0.339 e. The zero-order valence-corrected chi connectivity index (χ0v) is 19.8. The Hall–Kier alpha value is -3.73. The van der Waals surface area contributed by atoms with Crippen LogP contribution < -0.4 is 5.32 Å². The molecule has 2 heterocycles. The number of amides is 1. The number of esters is 1. The van der Waals surface area contributed by atoms with E-state index in [9.17, 15) is 14.9 Å². The van der Waals surface area contributed by atoms with E-state index in [1.165, 1.54) is 6.92 Å². The molecule has 3 aromatic rings. The van der Waals surface area contributed by atoms with Gasteiger partial charge >= 0.3 is 5.97 Å². The van der Waals surface area contributed by atoms with Crippen molar-refractivity contribution in [2.45, 2.75) is 59.2 Å². The van der Waals surface area contributed by atoms with E-state index < -0.39 is 23.5 Å². The average Bonchev–Trinajstić information content (AvgIpc) is 3.23. The number of aromatic nitrogens is 3. The number of carbonyl (C=O) groups is 2. The fourth-order valence-electron chi connectivity index (χ4n) is 3.26. The third-order valence-corrected chi connectivity index (χ3v) is 5.77. The van der Waals surface area contributed by atoms with Crippen LogP contribution in [0.2, 0.25) is 0 Å². The van der Waals surface area contributed by atoms with Crippen molar-refractivity contribution < 1.29 is 14.3 Å². The molecule has 0 saturated heterocycles. The highest BCUT2D eigenvalue weighted by molar-refractivity contribution is 6.04. The summed E-state index contributed by atoms with van der Waals surface area (Å²) >= 11 is 0. The van der Waals surface area contributed by atoms with Gasteiger partial charge in [0.15, 0.2) is 11.8 Å². The number of nitrogens with zero attached hydrogens (tertiary/aromatic N) is 4. The highest BCUT2D eigenvalue weighted by Crippen LogP contribution is 2.27. The van der Waals surface area contributed by atoms with Gasteiger partial charge in [0.05, 0.1) is 28.9 Å². The van der Waals surface area contributed by atoms with E-state index in [1.807, 2.05) is 58.0 Å². The number of benzene rings is 1. The third-order valence-electron chi connectivity index (χ3n) is 5.77. The monoisotopic (exact) mass is 447 g/mol. The van der Waals surface area contributed by atoms with E-state index in [1.54, 1.807) is 23.9 Å². The second-order valence-corrected chi connectivity index (χ2v) is 8.85. The van der Waals surface area contributed by atoms with Gasteiger partial charge in [-0.05, 0) is 39.7 Å². The minimum absolute atomic E-state index is 0.0364. The normalized spacial score (nSPS) is 14.0. The van der Waals surface area contributed by atoms with Crippen molar-refractivity contribution in [3.05, 3.63) is 48.2 Å². The maximum atomic E-state index is 13.2. The second kappa shape index (κ2) is 9.41. The van der Waals surface area contributed by atoms with E-state index in [2.05, 4.69) is 16.5 Å². The molecule has 2 unspecified atom stereocenters. The Labute approximate surface area is 193 Å². The highest BCUT2D eigenvalue weighted by atomic mass is 16.5. The molecule has 3 rings (SSSR count). The summed E-state index contributed by atoms with van der Waals surface area (Å²) in [5.74, 6) is -1.31. The number of hydrogen-bond acceptors (Lipinski definition) is 6. The lowest BCUT2D eigenvalue weighted by atomic mass is 9.90. The Bertz CT molecular complexity index is 1210. The Morgan fingerprint density at radius 3 is 2.39 bits per heavy atom. The van der Waals surface area contributed by atoms with Crippen LogP contribution in [0, 0.1) is 17.2 Å². The topological polar surface area (TPSA) is 110 Å². The van der Waals surface area contributed by atoms with E-state index >= 15 is 0 Å². The number of rotatable bonds is 7. The largest absolute Gasteiger partial charge is 0.449 e. The lowest BCUT2D eigenvalue weighted by molar-refractivity contribution is -0.130. The molecule has 0 fully saturated rings. The van der Waals surface area contributed by atoms with E-state index in [-0.39, 0.29) is 17.5 Å². The zero-order chi connectivity index (χ0) is 24.3. The van der Waals surface area contributed by atoms with Gasteiger partial charge in [0, 0.05) is 11.6 Å². The number of carbonyl (C=O) groups excluding carboxylic acids is 2. The Morgan fingerprint density at radius 2 is 1.82 bits per heavy atom. The molecule has 2 atom stereocenters. The van der Waals surface area contributed by atoms with Crippen LogP contribution in [0.3, 0.4) is 0 Å². The Balaban J connectivity index is 1.96. The lowest BCUT2D eigenvalue weighted by Crippen LogP contribution is -2.52. The molecule has 0 aliphatic heterocycles. The molecule has 0 saturated carbocycles. The van der Waals surface area contributed by atoms with Gasteiger partial charge in [-0.3, -0.25) is 4.79 Å². The summed E-state index contributed by atoms with van der Waals surface area (Å²) in [6.45, 7) is 10.8. The maximum absolute atomic E-state index is 13.2. The van der Waals surface area contributed by atoms with Crippen LogP contribution in [0.15, 0.2) is 42.6 Å². The van der Waals surface area contributed by atoms with E-state index in [0.717, 1.165) is 5.56 Å². The first-order valence-electron chi connectivity index (χ1n) is 10.9. The first-order chi connectivity index (χ1) is 15.6. The summed E-state index contributed by atoms with van der Waals surface area (Å²) in [4.78, 5) is 30.6. The molecule has 8 nitrogen and oxygen atoms in total. The molecule has 0 radical (unpaired) electrons. The smallest absolute Gasteiger partial charge is 0.339 e. The number of fused-ring (bicyclic) bond motifs is 1. The summed E-state index contributed by atoms with van der Waals surface area (Å²) in [5, 5.41) is 17.1. The van der Waals surface area contributed by atoms with Crippen molar-refractivity contribution in [2.75, 3.05) is 0 Å². The van der Waals surface area contributed by atoms with Crippen molar-refractivity contribution in [1.82, 2.24) is 20.1 Å². The predicted octanol–water partition coefficient (Wildman–Crippen LogP) is 4.28. The molecule has 0 spiro atoms. The summed E-state index contributed by atoms with van der Waals surface area (Å²) in [7, 11) is 0. The minimum Gasteiger partial charge on any atom is -0.449 e. The van der Waals surface area contributed by atoms with Gasteiger partial charge in [-0.1, -0.05) is 44.2 Å². The summed E-state index contributed by atoms with van der Waals surface area (Å²) in [6, 6.07) is 13.3. The molecular weight excluding hydrogens is 418 g/mol. The van der Waals surface area contributed by atoms with Gasteiger partial charge in [-0.25, -0.2) is 14.5 Å². The quantitative estimate of drug-likeness (QED) is 0.541. The molecule has 1 N–H and O–H groups in total. The van der Waals surface area contributed by atoms with Crippen molar-refractivity contribution in [3.63, 3.8) is 0 Å². The van der Waals surface area contributed by atoms with Gasteiger partial charge in [-0.15, -0.1) is 0 Å². The average molecular weight is 448 g/mol.